The first-order chi connectivity index (χ1) is 15.4. The van der Waals surface area contributed by atoms with Gasteiger partial charge in [0, 0.05) is 29.7 Å². The fraction of sp³-hybridized carbons (Fsp3) is 0.280. The van der Waals surface area contributed by atoms with E-state index in [-0.39, 0.29) is 11.8 Å². The molecule has 1 aliphatic heterocycles. The van der Waals surface area contributed by atoms with Gasteiger partial charge in [0.2, 0.25) is 0 Å². The molecular weight excluding hydrogens is 422 g/mol. The molecule has 7 heteroatoms. The monoisotopic (exact) mass is 449 g/mol. The Morgan fingerprint density at radius 2 is 1.66 bits per heavy atom. The van der Waals surface area contributed by atoms with Crippen LogP contribution in [0.2, 0.25) is 0 Å². The predicted octanol–water partition coefficient (Wildman–Crippen LogP) is 4.50. The number of morpholine rings is 1. The van der Waals surface area contributed by atoms with Crippen LogP contribution in [0.15, 0.2) is 66.0 Å². The van der Waals surface area contributed by atoms with Gasteiger partial charge in [-0.25, -0.2) is 0 Å². The molecule has 0 spiro atoms. The van der Waals surface area contributed by atoms with Crippen LogP contribution in [0.4, 0.5) is 11.4 Å². The zero-order chi connectivity index (χ0) is 22.6. The summed E-state index contributed by atoms with van der Waals surface area (Å²) in [5.41, 5.74) is 2.79. The molecule has 4 rings (SSSR count). The number of ether oxygens (including phenoxy) is 1. The number of thiophene rings is 1. The normalized spacial score (nSPS) is 14.1. The lowest BCUT2D eigenvalue weighted by atomic mass is 9.94. The van der Waals surface area contributed by atoms with E-state index < -0.39 is 5.54 Å². The van der Waals surface area contributed by atoms with Crippen molar-refractivity contribution in [1.82, 2.24) is 5.32 Å². The van der Waals surface area contributed by atoms with E-state index in [2.05, 4.69) is 15.5 Å². The first-order valence-corrected chi connectivity index (χ1v) is 11.5. The number of nitrogens with zero attached hydrogens (tertiary/aromatic N) is 1. The number of amides is 2. The molecule has 1 aromatic heterocycles. The van der Waals surface area contributed by atoms with Crippen molar-refractivity contribution in [2.24, 2.45) is 0 Å². The Balaban J connectivity index is 1.37. The van der Waals surface area contributed by atoms with E-state index in [1.54, 1.807) is 11.4 Å². The third-order valence-electron chi connectivity index (χ3n) is 5.51. The second-order valence-corrected chi connectivity index (χ2v) is 9.16. The van der Waals surface area contributed by atoms with E-state index in [0.717, 1.165) is 37.6 Å². The van der Waals surface area contributed by atoms with Crippen LogP contribution in [0.3, 0.4) is 0 Å². The van der Waals surface area contributed by atoms with Gasteiger partial charge < -0.3 is 20.3 Å². The van der Waals surface area contributed by atoms with Crippen LogP contribution in [0.1, 0.15) is 39.4 Å². The third-order valence-corrected chi connectivity index (χ3v) is 6.44. The van der Waals surface area contributed by atoms with E-state index in [0.29, 0.717) is 16.1 Å². The lowest BCUT2D eigenvalue weighted by Crippen LogP contribution is -2.40. The summed E-state index contributed by atoms with van der Waals surface area (Å²) in [6, 6.07) is 19.1. The second kappa shape index (κ2) is 9.54. The van der Waals surface area contributed by atoms with Crippen molar-refractivity contribution >= 4 is 34.5 Å². The molecule has 0 radical (unpaired) electrons. The van der Waals surface area contributed by atoms with Gasteiger partial charge in [-0.2, -0.15) is 0 Å². The first kappa shape index (κ1) is 22.0. The SMILES string of the molecule is CC(C)(NC(=O)c1cc(NC(=O)c2ccc(N3CCOCC3)cc2)cs1)c1ccccc1. The molecular formula is C25H27N3O3S. The van der Waals surface area contributed by atoms with Crippen LogP contribution in [-0.2, 0) is 10.3 Å². The minimum absolute atomic E-state index is 0.167. The largest absolute Gasteiger partial charge is 0.378 e. The van der Waals surface area contributed by atoms with E-state index in [1.165, 1.54) is 11.3 Å². The fourth-order valence-electron chi connectivity index (χ4n) is 3.64. The number of carbonyl (C=O) groups excluding carboxylic acids is 2. The van der Waals surface area contributed by atoms with E-state index in [4.69, 9.17) is 4.74 Å². The molecule has 2 N–H and O–H groups in total. The summed E-state index contributed by atoms with van der Waals surface area (Å²) in [6.07, 6.45) is 0. The van der Waals surface area contributed by atoms with Crippen LogP contribution >= 0.6 is 11.3 Å². The van der Waals surface area contributed by atoms with E-state index in [9.17, 15) is 9.59 Å². The molecule has 1 aliphatic rings. The Hall–Kier alpha value is -3.16. The molecule has 0 saturated carbocycles. The van der Waals surface area contributed by atoms with Crippen molar-refractivity contribution in [1.29, 1.82) is 0 Å². The van der Waals surface area contributed by atoms with E-state index in [1.807, 2.05) is 68.4 Å². The molecule has 6 nitrogen and oxygen atoms in total. The Morgan fingerprint density at radius 1 is 0.969 bits per heavy atom. The molecule has 0 unspecified atom stereocenters. The van der Waals surface area contributed by atoms with Gasteiger partial charge in [0.25, 0.3) is 11.8 Å². The van der Waals surface area contributed by atoms with Crippen LogP contribution in [0.5, 0.6) is 0 Å². The average molecular weight is 450 g/mol. The van der Waals surface area contributed by atoms with Crippen LogP contribution < -0.4 is 15.5 Å². The maximum atomic E-state index is 12.8. The highest BCUT2D eigenvalue weighted by atomic mass is 32.1. The summed E-state index contributed by atoms with van der Waals surface area (Å²) >= 11 is 1.31. The molecule has 32 heavy (non-hydrogen) atoms. The number of rotatable bonds is 6. The molecule has 0 bridgehead atoms. The summed E-state index contributed by atoms with van der Waals surface area (Å²) in [6.45, 7) is 7.09. The van der Waals surface area contributed by atoms with Gasteiger partial charge in [0.15, 0.2) is 0 Å². The number of hydrogen-bond donors (Lipinski definition) is 2. The summed E-state index contributed by atoms with van der Waals surface area (Å²) in [7, 11) is 0. The maximum absolute atomic E-state index is 12.8. The standard InChI is InChI=1S/C25H27N3O3S/c1-25(2,19-6-4-3-5-7-19)27-24(30)22-16-20(17-32-22)26-23(29)18-8-10-21(11-9-18)28-12-14-31-15-13-28/h3-11,16-17H,12-15H2,1-2H3,(H,26,29)(H,27,30). The summed E-state index contributed by atoms with van der Waals surface area (Å²) < 4.78 is 5.38. The summed E-state index contributed by atoms with van der Waals surface area (Å²) in [5, 5.41) is 7.74. The predicted molar refractivity (Wildman–Crippen MR) is 129 cm³/mol. The number of benzene rings is 2. The molecule has 2 aromatic carbocycles. The summed E-state index contributed by atoms with van der Waals surface area (Å²) in [5.74, 6) is -0.368. The molecule has 1 saturated heterocycles. The highest BCUT2D eigenvalue weighted by Gasteiger charge is 2.24. The molecule has 2 heterocycles. The summed E-state index contributed by atoms with van der Waals surface area (Å²) in [4.78, 5) is 28.2. The first-order valence-electron chi connectivity index (χ1n) is 10.6. The third kappa shape index (κ3) is 5.18. The quantitative estimate of drug-likeness (QED) is 0.581. The van der Waals surface area contributed by atoms with E-state index >= 15 is 0 Å². The van der Waals surface area contributed by atoms with Gasteiger partial charge >= 0.3 is 0 Å². The average Bonchev–Trinajstić information content (AvgIpc) is 3.29. The van der Waals surface area contributed by atoms with Crippen LogP contribution in [0, 0.1) is 0 Å². The number of carbonyl (C=O) groups is 2. The Kier molecular flexibility index (Phi) is 6.58. The van der Waals surface area contributed by atoms with Crippen molar-refractivity contribution in [2.45, 2.75) is 19.4 Å². The van der Waals surface area contributed by atoms with Gasteiger partial charge in [-0.3, -0.25) is 9.59 Å². The number of hydrogen-bond acceptors (Lipinski definition) is 5. The van der Waals surface area contributed by atoms with Gasteiger partial charge in [0.1, 0.15) is 0 Å². The molecule has 2 amide bonds. The second-order valence-electron chi connectivity index (χ2n) is 8.25. The minimum atomic E-state index is -0.506. The van der Waals surface area contributed by atoms with Crippen molar-refractivity contribution in [2.75, 3.05) is 36.5 Å². The molecule has 1 fully saturated rings. The number of anilines is 2. The van der Waals surface area contributed by atoms with Crippen molar-refractivity contribution in [3.8, 4) is 0 Å². The Labute approximate surface area is 192 Å². The van der Waals surface area contributed by atoms with Crippen molar-refractivity contribution in [3.63, 3.8) is 0 Å². The smallest absolute Gasteiger partial charge is 0.262 e. The fourth-order valence-corrected chi connectivity index (χ4v) is 4.38. The Bertz CT molecular complexity index is 1070. The Morgan fingerprint density at radius 3 is 2.34 bits per heavy atom. The lowest BCUT2D eigenvalue weighted by molar-refractivity contribution is 0.0915. The minimum Gasteiger partial charge on any atom is -0.378 e. The highest BCUT2D eigenvalue weighted by molar-refractivity contribution is 7.12. The zero-order valence-electron chi connectivity index (χ0n) is 18.3. The van der Waals surface area contributed by atoms with Gasteiger partial charge in [-0.15, -0.1) is 11.3 Å². The molecule has 166 valence electrons. The van der Waals surface area contributed by atoms with Gasteiger partial charge in [-0.1, -0.05) is 30.3 Å². The van der Waals surface area contributed by atoms with Crippen LogP contribution in [0.25, 0.3) is 0 Å². The van der Waals surface area contributed by atoms with Crippen LogP contribution in [-0.4, -0.2) is 38.1 Å². The van der Waals surface area contributed by atoms with Gasteiger partial charge in [-0.05, 0) is 49.7 Å². The van der Waals surface area contributed by atoms with Crippen molar-refractivity contribution < 1.29 is 14.3 Å². The number of nitrogens with one attached hydrogen (secondary N) is 2. The zero-order valence-corrected chi connectivity index (χ0v) is 19.1. The molecule has 0 atom stereocenters. The highest BCUT2D eigenvalue weighted by Crippen LogP contribution is 2.24. The molecule has 3 aromatic rings. The van der Waals surface area contributed by atoms with Crippen molar-refractivity contribution in [3.05, 3.63) is 82.0 Å². The maximum Gasteiger partial charge on any atom is 0.262 e. The molecule has 0 aliphatic carbocycles. The van der Waals surface area contributed by atoms with Gasteiger partial charge in [0.05, 0.1) is 29.3 Å². The lowest BCUT2D eigenvalue weighted by Gasteiger charge is -2.28. The topological polar surface area (TPSA) is 70.7 Å².